The molecule has 0 unspecified atom stereocenters. The monoisotopic (exact) mass is 253 g/mol. The first-order valence-electron chi connectivity index (χ1n) is 5.61. The first-order valence-corrected chi connectivity index (χ1v) is 5.61. The number of aromatic nitrogens is 1. The van der Waals surface area contributed by atoms with Crippen LogP contribution in [0.1, 0.15) is 21.6 Å². The zero-order chi connectivity index (χ0) is 13.7. The molecular weight excluding hydrogens is 242 g/mol. The van der Waals surface area contributed by atoms with E-state index >= 15 is 0 Å². The highest BCUT2D eigenvalue weighted by Gasteiger charge is 2.03. The highest BCUT2D eigenvalue weighted by atomic mass is 16.4. The van der Waals surface area contributed by atoms with Crippen LogP contribution in [-0.4, -0.2) is 16.1 Å². The molecule has 94 valence electrons. The van der Waals surface area contributed by atoms with Gasteiger partial charge in [-0.25, -0.2) is 9.78 Å². The smallest absolute Gasteiger partial charge is 0.354 e. The van der Waals surface area contributed by atoms with E-state index in [4.69, 9.17) is 10.4 Å². The number of nitrogens with one attached hydrogen (secondary N) is 1. The number of nitrogens with zero attached hydrogens (tertiary/aromatic N) is 2. The molecule has 0 radical (unpaired) electrons. The van der Waals surface area contributed by atoms with Crippen molar-refractivity contribution in [2.24, 2.45) is 0 Å². The topological polar surface area (TPSA) is 86.0 Å². The summed E-state index contributed by atoms with van der Waals surface area (Å²) in [5.74, 6) is -1.04. The average Bonchev–Trinajstić information content (AvgIpc) is 2.46. The van der Waals surface area contributed by atoms with Gasteiger partial charge in [0, 0.05) is 18.4 Å². The third-order valence-corrected chi connectivity index (χ3v) is 2.55. The van der Waals surface area contributed by atoms with Gasteiger partial charge in [0.05, 0.1) is 11.6 Å². The molecule has 0 atom stereocenters. The van der Waals surface area contributed by atoms with Crippen LogP contribution in [-0.2, 0) is 6.54 Å². The number of pyridine rings is 1. The van der Waals surface area contributed by atoms with Crippen molar-refractivity contribution in [2.75, 3.05) is 5.32 Å². The number of rotatable bonds is 4. The van der Waals surface area contributed by atoms with Crippen LogP contribution in [0.5, 0.6) is 0 Å². The number of carboxylic acid groups (broad SMARTS) is 1. The van der Waals surface area contributed by atoms with E-state index in [-0.39, 0.29) is 5.69 Å². The molecule has 0 fully saturated rings. The van der Waals surface area contributed by atoms with Gasteiger partial charge in [-0.1, -0.05) is 6.07 Å². The van der Waals surface area contributed by atoms with Crippen molar-refractivity contribution in [2.45, 2.75) is 6.54 Å². The Kier molecular flexibility index (Phi) is 3.74. The summed E-state index contributed by atoms with van der Waals surface area (Å²) >= 11 is 0. The largest absolute Gasteiger partial charge is 0.477 e. The van der Waals surface area contributed by atoms with E-state index in [1.165, 1.54) is 12.3 Å². The molecule has 19 heavy (non-hydrogen) atoms. The van der Waals surface area contributed by atoms with Crippen molar-refractivity contribution in [1.29, 1.82) is 5.26 Å². The Labute approximate surface area is 110 Å². The molecule has 2 aromatic rings. The lowest BCUT2D eigenvalue weighted by Gasteiger charge is -2.06. The van der Waals surface area contributed by atoms with E-state index in [2.05, 4.69) is 16.4 Å². The summed E-state index contributed by atoms with van der Waals surface area (Å²) in [4.78, 5) is 14.5. The highest BCUT2D eigenvalue weighted by molar-refractivity contribution is 5.85. The maximum absolute atomic E-state index is 10.6. The molecule has 0 amide bonds. The Morgan fingerprint density at radius 2 is 2.00 bits per heavy atom. The molecule has 0 spiro atoms. The molecule has 0 aliphatic carbocycles. The molecule has 2 N–H and O–H groups in total. The molecule has 1 heterocycles. The number of anilines is 1. The van der Waals surface area contributed by atoms with E-state index in [1.54, 1.807) is 18.2 Å². The van der Waals surface area contributed by atoms with Crippen LogP contribution in [0.2, 0.25) is 0 Å². The molecule has 0 aliphatic heterocycles. The van der Waals surface area contributed by atoms with Gasteiger partial charge in [-0.2, -0.15) is 5.26 Å². The maximum atomic E-state index is 10.6. The summed E-state index contributed by atoms with van der Waals surface area (Å²) in [5.41, 5.74) is 2.41. The second-order valence-electron chi connectivity index (χ2n) is 3.90. The minimum Gasteiger partial charge on any atom is -0.477 e. The van der Waals surface area contributed by atoms with Gasteiger partial charge in [-0.05, 0) is 35.9 Å². The first-order chi connectivity index (χ1) is 9.19. The molecule has 5 nitrogen and oxygen atoms in total. The summed E-state index contributed by atoms with van der Waals surface area (Å²) in [6, 6.07) is 12.3. The van der Waals surface area contributed by atoms with Crippen LogP contribution in [0.4, 0.5) is 5.69 Å². The lowest BCUT2D eigenvalue weighted by Crippen LogP contribution is -2.03. The van der Waals surface area contributed by atoms with Crippen LogP contribution in [0.25, 0.3) is 0 Å². The fraction of sp³-hybridized carbons (Fsp3) is 0.0714. The Balaban J connectivity index is 1.98. The normalized spacial score (nSPS) is 9.63. The molecule has 0 aliphatic rings. The Bertz CT molecular complexity index is 613. The minimum absolute atomic E-state index is 0.0297. The fourth-order valence-corrected chi connectivity index (χ4v) is 1.52. The Morgan fingerprint density at radius 3 is 2.53 bits per heavy atom. The van der Waals surface area contributed by atoms with Gasteiger partial charge in [-0.3, -0.25) is 0 Å². The van der Waals surface area contributed by atoms with Gasteiger partial charge in [-0.15, -0.1) is 0 Å². The standard InChI is InChI=1S/C14H11N3O2/c15-7-10-1-4-12(5-2-10)16-8-11-3-6-13(14(18)19)17-9-11/h1-6,9,16H,8H2,(H,18,19). The Morgan fingerprint density at radius 1 is 1.26 bits per heavy atom. The number of carbonyl (C=O) groups is 1. The van der Waals surface area contributed by atoms with Gasteiger partial charge in [0.1, 0.15) is 5.69 Å². The Hall–Kier alpha value is -2.87. The molecular formula is C14H11N3O2. The van der Waals surface area contributed by atoms with Crippen molar-refractivity contribution in [3.05, 3.63) is 59.4 Å². The SMILES string of the molecule is N#Cc1ccc(NCc2ccc(C(=O)O)nc2)cc1. The maximum Gasteiger partial charge on any atom is 0.354 e. The van der Waals surface area contributed by atoms with E-state index < -0.39 is 5.97 Å². The third kappa shape index (κ3) is 3.30. The van der Waals surface area contributed by atoms with Crippen LogP contribution in [0.15, 0.2) is 42.6 Å². The molecule has 0 saturated heterocycles. The van der Waals surface area contributed by atoms with E-state index in [1.807, 2.05) is 12.1 Å². The summed E-state index contributed by atoms with van der Waals surface area (Å²) in [7, 11) is 0. The molecule has 2 rings (SSSR count). The zero-order valence-electron chi connectivity index (χ0n) is 10.00. The van der Waals surface area contributed by atoms with Gasteiger partial charge in [0.2, 0.25) is 0 Å². The van der Waals surface area contributed by atoms with Gasteiger partial charge in [0.25, 0.3) is 0 Å². The average molecular weight is 253 g/mol. The summed E-state index contributed by atoms with van der Waals surface area (Å²) < 4.78 is 0. The lowest BCUT2D eigenvalue weighted by atomic mass is 10.2. The van der Waals surface area contributed by atoms with Crippen molar-refractivity contribution in [3.8, 4) is 6.07 Å². The van der Waals surface area contributed by atoms with E-state index in [0.29, 0.717) is 12.1 Å². The van der Waals surface area contributed by atoms with Crippen LogP contribution < -0.4 is 5.32 Å². The predicted octanol–water partition coefficient (Wildman–Crippen LogP) is 2.26. The van der Waals surface area contributed by atoms with Crippen molar-refractivity contribution in [3.63, 3.8) is 0 Å². The van der Waals surface area contributed by atoms with Gasteiger partial charge >= 0.3 is 5.97 Å². The fourth-order valence-electron chi connectivity index (χ4n) is 1.52. The molecule has 0 bridgehead atoms. The van der Waals surface area contributed by atoms with Crippen LogP contribution in [0.3, 0.4) is 0 Å². The third-order valence-electron chi connectivity index (χ3n) is 2.55. The zero-order valence-corrected chi connectivity index (χ0v) is 10.00. The summed E-state index contributed by atoms with van der Waals surface area (Å²) in [6.45, 7) is 0.540. The number of hydrogen-bond acceptors (Lipinski definition) is 4. The molecule has 1 aromatic carbocycles. The van der Waals surface area contributed by atoms with Crippen LogP contribution in [0, 0.1) is 11.3 Å². The van der Waals surface area contributed by atoms with E-state index in [9.17, 15) is 4.79 Å². The number of carboxylic acids is 1. The lowest BCUT2D eigenvalue weighted by molar-refractivity contribution is 0.0690. The number of hydrogen-bond donors (Lipinski definition) is 2. The highest BCUT2D eigenvalue weighted by Crippen LogP contribution is 2.10. The molecule has 5 heteroatoms. The second kappa shape index (κ2) is 5.65. The number of benzene rings is 1. The molecule has 0 saturated carbocycles. The van der Waals surface area contributed by atoms with Crippen molar-refractivity contribution in [1.82, 2.24) is 4.98 Å². The minimum atomic E-state index is -1.04. The second-order valence-corrected chi connectivity index (χ2v) is 3.90. The van der Waals surface area contributed by atoms with Crippen molar-refractivity contribution >= 4 is 11.7 Å². The predicted molar refractivity (Wildman–Crippen MR) is 69.7 cm³/mol. The summed E-state index contributed by atoms with van der Waals surface area (Å²) in [5, 5.41) is 20.6. The quantitative estimate of drug-likeness (QED) is 0.872. The first kappa shape index (κ1) is 12.6. The number of aromatic carboxylic acids is 1. The number of nitriles is 1. The van der Waals surface area contributed by atoms with E-state index in [0.717, 1.165) is 11.3 Å². The molecule has 1 aromatic heterocycles. The van der Waals surface area contributed by atoms with Crippen LogP contribution >= 0.6 is 0 Å². The van der Waals surface area contributed by atoms with Gasteiger partial charge in [0.15, 0.2) is 0 Å². The van der Waals surface area contributed by atoms with Gasteiger partial charge < -0.3 is 10.4 Å². The van der Waals surface area contributed by atoms with Crippen molar-refractivity contribution < 1.29 is 9.90 Å². The summed E-state index contributed by atoms with van der Waals surface area (Å²) in [6.07, 6.45) is 1.53.